The minimum absolute atomic E-state index is 0. The molecule has 0 saturated heterocycles. The van der Waals surface area contributed by atoms with Crippen LogP contribution in [0, 0.1) is 6.92 Å². The fourth-order valence-electron chi connectivity index (χ4n) is 2.70. The lowest BCUT2D eigenvalue weighted by atomic mass is 10.1. The molecule has 0 fully saturated rings. The number of aromatic nitrogens is 2. The Morgan fingerprint density at radius 2 is 1.89 bits per heavy atom. The van der Waals surface area contributed by atoms with Gasteiger partial charge in [0, 0.05) is 50.6 Å². The molecule has 0 aliphatic rings. The van der Waals surface area contributed by atoms with E-state index in [0.29, 0.717) is 12.4 Å². The third kappa shape index (κ3) is 6.70. The number of aliphatic imine (C=N–C) groups is 1. The zero-order valence-electron chi connectivity index (χ0n) is 16.4. The van der Waals surface area contributed by atoms with Crippen LogP contribution in [0.25, 0.3) is 11.5 Å². The van der Waals surface area contributed by atoms with E-state index in [4.69, 9.17) is 4.42 Å². The van der Waals surface area contributed by atoms with Gasteiger partial charge in [-0.3, -0.25) is 4.99 Å². The Morgan fingerprint density at radius 1 is 1.14 bits per heavy atom. The molecule has 3 rings (SSSR count). The molecule has 0 saturated carbocycles. The highest BCUT2D eigenvalue weighted by molar-refractivity contribution is 14.0. The average Bonchev–Trinajstić information content (AvgIpc) is 3.34. The summed E-state index contributed by atoms with van der Waals surface area (Å²) >= 11 is 0. The Kier molecular flexibility index (Phi) is 9.06. The summed E-state index contributed by atoms with van der Waals surface area (Å²) in [7, 11) is 0. The lowest BCUT2D eigenvalue weighted by molar-refractivity contribution is 0.572. The number of hydrogen-bond acceptors (Lipinski definition) is 3. The first-order valence-corrected chi connectivity index (χ1v) is 9.39. The molecule has 0 aliphatic carbocycles. The molecular weight excluding hydrogens is 465 g/mol. The topological polar surface area (TPSA) is 67.4 Å². The summed E-state index contributed by atoms with van der Waals surface area (Å²) in [6.07, 6.45) is 6.57. The summed E-state index contributed by atoms with van der Waals surface area (Å²) in [5, 5.41) is 6.63. The molecule has 0 bridgehead atoms. The molecule has 6 nitrogen and oxygen atoms in total. The van der Waals surface area contributed by atoms with Gasteiger partial charge < -0.3 is 19.6 Å². The number of oxazole rings is 1. The quantitative estimate of drug-likeness (QED) is 0.284. The van der Waals surface area contributed by atoms with E-state index in [0.717, 1.165) is 43.3 Å². The van der Waals surface area contributed by atoms with Gasteiger partial charge in [0.25, 0.3) is 0 Å². The van der Waals surface area contributed by atoms with Crippen molar-refractivity contribution in [1.82, 2.24) is 20.2 Å². The summed E-state index contributed by atoms with van der Waals surface area (Å²) < 4.78 is 7.75. The normalized spacial score (nSPS) is 11.1. The van der Waals surface area contributed by atoms with E-state index in [1.54, 1.807) is 6.26 Å². The predicted octanol–water partition coefficient (Wildman–Crippen LogP) is 3.87. The van der Waals surface area contributed by atoms with Gasteiger partial charge in [-0.05, 0) is 38.1 Å². The fourth-order valence-corrected chi connectivity index (χ4v) is 2.70. The van der Waals surface area contributed by atoms with Gasteiger partial charge >= 0.3 is 0 Å². The van der Waals surface area contributed by atoms with E-state index in [9.17, 15) is 0 Å². The number of guanidine groups is 1. The van der Waals surface area contributed by atoms with Crippen molar-refractivity contribution in [3.63, 3.8) is 0 Å². The summed E-state index contributed by atoms with van der Waals surface area (Å²) in [6, 6.07) is 12.2. The Hall–Kier alpha value is -2.29. The summed E-state index contributed by atoms with van der Waals surface area (Å²) in [5.41, 5.74) is 3.13. The van der Waals surface area contributed by atoms with Crippen molar-refractivity contribution < 1.29 is 4.42 Å². The predicted molar refractivity (Wildman–Crippen MR) is 124 cm³/mol. The van der Waals surface area contributed by atoms with Crippen molar-refractivity contribution in [2.75, 3.05) is 19.6 Å². The van der Waals surface area contributed by atoms with Gasteiger partial charge in [0.15, 0.2) is 5.96 Å². The molecule has 0 aliphatic heterocycles. The van der Waals surface area contributed by atoms with Crippen molar-refractivity contribution in [2.24, 2.45) is 4.99 Å². The minimum Gasteiger partial charge on any atom is -0.444 e. The van der Waals surface area contributed by atoms with E-state index in [-0.39, 0.29) is 24.0 Å². The van der Waals surface area contributed by atoms with Gasteiger partial charge in [-0.15, -0.1) is 24.0 Å². The molecule has 1 aromatic carbocycles. The van der Waals surface area contributed by atoms with E-state index >= 15 is 0 Å². The number of nitrogens with one attached hydrogen (secondary N) is 2. The standard InChI is InChI=1S/C21H27N5O.HI/c1-3-22-21(24-12-15-26-13-4-5-14-26)23-11-10-19-16-27-20(25-19)18-8-6-17(2)7-9-18;/h4-9,13-14,16H,3,10-12,15H2,1-2H3,(H2,22,23,24);1H. The molecule has 0 unspecified atom stereocenters. The first kappa shape index (κ1) is 22.0. The van der Waals surface area contributed by atoms with Crippen molar-refractivity contribution in [1.29, 1.82) is 0 Å². The second-order valence-corrected chi connectivity index (χ2v) is 6.37. The van der Waals surface area contributed by atoms with Crippen LogP contribution >= 0.6 is 24.0 Å². The van der Waals surface area contributed by atoms with Crippen LogP contribution in [0.5, 0.6) is 0 Å². The van der Waals surface area contributed by atoms with E-state index in [1.807, 2.05) is 24.3 Å². The van der Waals surface area contributed by atoms with E-state index in [2.05, 4.69) is 63.6 Å². The molecule has 0 radical (unpaired) electrons. The average molecular weight is 493 g/mol. The number of hydrogen-bond donors (Lipinski definition) is 2. The number of rotatable bonds is 8. The van der Waals surface area contributed by atoms with Gasteiger partial charge in [0.1, 0.15) is 6.26 Å². The Labute approximate surface area is 183 Å². The second-order valence-electron chi connectivity index (χ2n) is 6.37. The maximum atomic E-state index is 5.61. The van der Waals surface area contributed by atoms with Gasteiger partial charge in [-0.25, -0.2) is 4.98 Å². The molecule has 28 heavy (non-hydrogen) atoms. The Morgan fingerprint density at radius 3 is 2.61 bits per heavy atom. The summed E-state index contributed by atoms with van der Waals surface area (Å²) in [4.78, 5) is 9.19. The van der Waals surface area contributed by atoms with E-state index in [1.165, 1.54) is 5.56 Å². The van der Waals surface area contributed by atoms with Crippen molar-refractivity contribution >= 4 is 29.9 Å². The molecule has 3 aromatic rings. The van der Waals surface area contributed by atoms with Crippen LogP contribution in [-0.4, -0.2) is 35.1 Å². The Bertz CT molecular complexity index is 840. The molecule has 0 atom stereocenters. The van der Waals surface area contributed by atoms with Crippen LogP contribution < -0.4 is 10.6 Å². The summed E-state index contributed by atoms with van der Waals surface area (Å²) in [6.45, 7) is 7.34. The maximum absolute atomic E-state index is 5.61. The molecule has 0 spiro atoms. The Balaban J connectivity index is 0.00000280. The van der Waals surface area contributed by atoms with Gasteiger partial charge in [0.05, 0.1) is 5.69 Å². The first-order chi connectivity index (χ1) is 13.2. The SMILES string of the molecule is CCNC(=NCCc1coc(-c2ccc(C)cc2)n1)NCCn1cccc1.I. The van der Waals surface area contributed by atoms with Crippen molar-refractivity contribution in [2.45, 2.75) is 26.8 Å². The largest absolute Gasteiger partial charge is 0.444 e. The molecule has 2 heterocycles. The second kappa shape index (κ2) is 11.5. The zero-order valence-corrected chi connectivity index (χ0v) is 18.7. The molecule has 2 aromatic heterocycles. The highest BCUT2D eigenvalue weighted by Crippen LogP contribution is 2.19. The maximum Gasteiger partial charge on any atom is 0.226 e. The third-order valence-electron chi connectivity index (χ3n) is 4.16. The van der Waals surface area contributed by atoms with Crippen molar-refractivity contribution in [3.05, 3.63) is 66.3 Å². The lowest BCUT2D eigenvalue weighted by Crippen LogP contribution is -2.39. The van der Waals surface area contributed by atoms with Crippen LogP contribution in [0.4, 0.5) is 0 Å². The van der Waals surface area contributed by atoms with Crippen LogP contribution in [0.1, 0.15) is 18.2 Å². The molecule has 2 N–H and O–H groups in total. The number of aryl methyl sites for hydroxylation is 1. The minimum atomic E-state index is 0. The van der Waals surface area contributed by atoms with Crippen molar-refractivity contribution in [3.8, 4) is 11.5 Å². The third-order valence-corrected chi connectivity index (χ3v) is 4.16. The number of benzene rings is 1. The molecule has 0 amide bonds. The molecular formula is C21H28IN5O. The first-order valence-electron chi connectivity index (χ1n) is 9.39. The highest BCUT2D eigenvalue weighted by Gasteiger charge is 2.06. The number of halogens is 1. The van der Waals surface area contributed by atoms with Crippen LogP contribution in [0.3, 0.4) is 0 Å². The smallest absolute Gasteiger partial charge is 0.226 e. The molecule has 150 valence electrons. The van der Waals surface area contributed by atoms with Gasteiger partial charge in [-0.2, -0.15) is 0 Å². The monoisotopic (exact) mass is 493 g/mol. The molecule has 7 heteroatoms. The van der Waals surface area contributed by atoms with E-state index < -0.39 is 0 Å². The lowest BCUT2D eigenvalue weighted by Gasteiger charge is -2.11. The fraction of sp³-hybridized carbons (Fsp3) is 0.333. The highest BCUT2D eigenvalue weighted by atomic mass is 127. The zero-order chi connectivity index (χ0) is 18.9. The van der Waals surface area contributed by atoms with Gasteiger partial charge in [0.2, 0.25) is 5.89 Å². The van der Waals surface area contributed by atoms with Crippen LogP contribution in [0.15, 0.2) is 64.5 Å². The van der Waals surface area contributed by atoms with Crippen LogP contribution in [0.2, 0.25) is 0 Å². The van der Waals surface area contributed by atoms with Crippen LogP contribution in [-0.2, 0) is 13.0 Å². The van der Waals surface area contributed by atoms with Gasteiger partial charge in [-0.1, -0.05) is 17.7 Å². The summed E-state index contributed by atoms with van der Waals surface area (Å²) in [5.74, 6) is 1.48. The number of nitrogens with zero attached hydrogens (tertiary/aromatic N) is 3.